The fraction of sp³-hybridized carbons (Fsp3) is 0.448. The zero-order chi connectivity index (χ0) is 34.1. The summed E-state index contributed by atoms with van der Waals surface area (Å²) in [5, 5.41) is 3.91. The van der Waals surface area contributed by atoms with Gasteiger partial charge in [-0.05, 0) is 48.2 Å². The molecule has 0 bridgehead atoms. The van der Waals surface area contributed by atoms with Gasteiger partial charge in [0.25, 0.3) is 11.8 Å². The van der Waals surface area contributed by atoms with Crippen molar-refractivity contribution in [1.82, 2.24) is 10.6 Å². The molecule has 0 radical (unpaired) electrons. The van der Waals surface area contributed by atoms with E-state index in [0.717, 1.165) is 5.32 Å². The second kappa shape index (κ2) is 16.1. The number of benzene rings is 2. The van der Waals surface area contributed by atoms with Gasteiger partial charge in [0.15, 0.2) is 23.9 Å². The van der Waals surface area contributed by atoms with E-state index < -0.39 is 72.9 Å². The van der Waals surface area contributed by atoms with Crippen LogP contribution in [0.2, 0.25) is 10.0 Å². The van der Waals surface area contributed by atoms with Crippen molar-refractivity contribution in [2.24, 2.45) is 11.8 Å². The lowest BCUT2D eigenvalue weighted by atomic mass is 9.82. The zero-order valence-electron chi connectivity index (χ0n) is 24.5. The standard InChI is InChI=1S/C29H31Cl2F5N2O7/c1-15(2)20(26(41)29(35,36)27(42)37-14-28(32,33)34)12-22(39)21(7-16-5-6-23(43-3)24(8-16)44-4)38-25(40)13-45-19-10-17(30)9-18(31)11-19/h5-6,8-11,15,20-21H,7,12-14H2,1-4H3,(H,37,42)(H,38,40)/t20-,21-/m0/s1. The van der Waals surface area contributed by atoms with Gasteiger partial charge in [-0.25, -0.2) is 0 Å². The van der Waals surface area contributed by atoms with Crippen LogP contribution in [0.1, 0.15) is 25.8 Å². The summed E-state index contributed by atoms with van der Waals surface area (Å²) in [5.74, 6) is -13.0. The summed E-state index contributed by atoms with van der Waals surface area (Å²) in [7, 11) is 2.77. The molecule has 0 saturated carbocycles. The number of amides is 2. The fourth-order valence-corrected chi connectivity index (χ4v) is 4.62. The molecule has 0 fully saturated rings. The van der Waals surface area contributed by atoms with Crippen LogP contribution in [0, 0.1) is 11.8 Å². The van der Waals surface area contributed by atoms with Crippen LogP contribution in [0.25, 0.3) is 0 Å². The molecule has 0 unspecified atom stereocenters. The highest BCUT2D eigenvalue weighted by molar-refractivity contribution is 6.34. The van der Waals surface area contributed by atoms with Gasteiger partial charge in [0, 0.05) is 22.4 Å². The summed E-state index contributed by atoms with van der Waals surface area (Å²) in [6, 6.07) is 7.41. The van der Waals surface area contributed by atoms with Crippen molar-refractivity contribution in [1.29, 1.82) is 0 Å². The molecule has 0 aromatic heterocycles. The number of rotatable bonds is 16. The van der Waals surface area contributed by atoms with Crippen LogP contribution in [-0.4, -0.2) is 68.9 Å². The smallest absolute Gasteiger partial charge is 0.405 e. The predicted octanol–water partition coefficient (Wildman–Crippen LogP) is 5.23. The number of carbonyl (C=O) groups excluding carboxylic acids is 4. The van der Waals surface area contributed by atoms with E-state index >= 15 is 0 Å². The number of hydrogen-bond acceptors (Lipinski definition) is 7. The molecule has 2 rings (SSSR count). The Labute approximate surface area is 265 Å². The van der Waals surface area contributed by atoms with Crippen LogP contribution in [0.15, 0.2) is 36.4 Å². The highest BCUT2D eigenvalue weighted by atomic mass is 35.5. The monoisotopic (exact) mass is 684 g/mol. The average molecular weight is 685 g/mol. The normalized spacial score (nSPS) is 13.1. The SMILES string of the molecule is COc1ccc(C[C@H](NC(=O)COc2cc(Cl)cc(Cl)c2)C(=O)C[C@H](C(=O)C(F)(F)C(=O)NCC(F)(F)F)C(C)C)cc1OC. The van der Waals surface area contributed by atoms with E-state index in [0.29, 0.717) is 11.3 Å². The van der Waals surface area contributed by atoms with E-state index in [-0.39, 0.29) is 28.0 Å². The number of halogens is 7. The molecule has 16 heteroatoms. The molecule has 9 nitrogen and oxygen atoms in total. The van der Waals surface area contributed by atoms with Gasteiger partial charge in [-0.15, -0.1) is 0 Å². The maximum atomic E-state index is 14.7. The molecule has 2 N–H and O–H groups in total. The number of ether oxygens (including phenoxy) is 3. The number of methoxy groups -OCH3 is 2. The van der Waals surface area contributed by atoms with Crippen LogP contribution >= 0.6 is 23.2 Å². The molecule has 0 aliphatic rings. The topological polar surface area (TPSA) is 120 Å². The first-order chi connectivity index (χ1) is 20.9. The lowest BCUT2D eigenvalue weighted by Gasteiger charge is -2.26. The molecule has 0 spiro atoms. The van der Waals surface area contributed by atoms with Gasteiger partial charge in [-0.2, -0.15) is 22.0 Å². The van der Waals surface area contributed by atoms with Gasteiger partial charge >= 0.3 is 12.1 Å². The second-order valence-electron chi connectivity index (χ2n) is 10.2. The number of ketones is 2. The largest absolute Gasteiger partial charge is 0.493 e. The van der Waals surface area contributed by atoms with Gasteiger partial charge in [0.2, 0.25) is 5.78 Å². The minimum Gasteiger partial charge on any atom is -0.493 e. The summed E-state index contributed by atoms with van der Waals surface area (Å²) in [6.07, 6.45) is -6.07. The van der Waals surface area contributed by atoms with Crippen molar-refractivity contribution < 1.29 is 55.3 Å². The molecule has 0 saturated heterocycles. The van der Waals surface area contributed by atoms with E-state index in [1.165, 1.54) is 58.4 Å². The van der Waals surface area contributed by atoms with Crippen molar-refractivity contribution in [2.45, 2.75) is 44.8 Å². The third-order valence-corrected chi connectivity index (χ3v) is 6.86. The Kier molecular flexibility index (Phi) is 13.4. The van der Waals surface area contributed by atoms with Crippen LogP contribution in [-0.2, 0) is 25.6 Å². The zero-order valence-corrected chi connectivity index (χ0v) is 26.0. The molecule has 0 heterocycles. The Morgan fingerprint density at radius 3 is 2.02 bits per heavy atom. The van der Waals surface area contributed by atoms with Gasteiger partial charge in [0.05, 0.1) is 20.3 Å². The summed E-state index contributed by atoms with van der Waals surface area (Å²) in [5.41, 5.74) is 0.443. The van der Waals surface area contributed by atoms with E-state index in [2.05, 4.69) is 5.32 Å². The average Bonchev–Trinajstić information content (AvgIpc) is 2.95. The molecule has 2 amide bonds. The molecule has 45 heavy (non-hydrogen) atoms. The summed E-state index contributed by atoms with van der Waals surface area (Å²) < 4.78 is 82.6. The molecular formula is C29H31Cl2F5N2O7. The van der Waals surface area contributed by atoms with Crippen molar-refractivity contribution in [3.05, 3.63) is 52.0 Å². The predicted molar refractivity (Wildman–Crippen MR) is 154 cm³/mol. The van der Waals surface area contributed by atoms with E-state index in [1.54, 1.807) is 6.07 Å². The van der Waals surface area contributed by atoms with E-state index in [9.17, 15) is 41.1 Å². The van der Waals surface area contributed by atoms with Gasteiger partial charge in [-0.3, -0.25) is 19.2 Å². The lowest BCUT2D eigenvalue weighted by Crippen LogP contribution is -2.52. The first-order valence-electron chi connectivity index (χ1n) is 13.3. The van der Waals surface area contributed by atoms with E-state index in [1.807, 2.05) is 0 Å². The third kappa shape index (κ3) is 11.3. The molecule has 248 valence electrons. The first kappa shape index (κ1) is 37.5. The quantitative estimate of drug-likeness (QED) is 0.184. The Balaban J connectivity index is 2.32. The highest BCUT2D eigenvalue weighted by Gasteiger charge is 2.51. The molecule has 0 aliphatic heterocycles. The molecule has 2 atom stereocenters. The van der Waals surface area contributed by atoms with Crippen molar-refractivity contribution in [3.8, 4) is 17.2 Å². The number of nitrogens with one attached hydrogen (secondary N) is 2. The molecular weight excluding hydrogens is 654 g/mol. The minimum atomic E-state index is -5.00. The number of Topliss-reactive ketones (excluding diaryl/α,β-unsaturated/α-hetero) is 2. The highest BCUT2D eigenvalue weighted by Crippen LogP contribution is 2.31. The van der Waals surface area contributed by atoms with Gasteiger partial charge in [0.1, 0.15) is 12.3 Å². The summed E-state index contributed by atoms with van der Waals surface area (Å²) in [6.45, 7) is -0.0455. The van der Waals surface area contributed by atoms with Crippen LogP contribution in [0.4, 0.5) is 22.0 Å². The maximum Gasteiger partial charge on any atom is 0.405 e. The number of alkyl halides is 5. The number of carbonyl (C=O) groups is 4. The lowest BCUT2D eigenvalue weighted by molar-refractivity contribution is -0.167. The fourth-order valence-electron chi connectivity index (χ4n) is 4.11. The Morgan fingerprint density at radius 1 is 0.889 bits per heavy atom. The first-order valence-corrected chi connectivity index (χ1v) is 14.0. The molecule has 2 aromatic rings. The van der Waals surface area contributed by atoms with Gasteiger partial charge < -0.3 is 24.8 Å². The van der Waals surface area contributed by atoms with Crippen LogP contribution in [0.3, 0.4) is 0 Å². The van der Waals surface area contributed by atoms with E-state index in [4.69, 9.17) is 37.4 Å². The van der Waals surface area contributed by atoms with Gasteiger partial charge in [-0.1, -0.05) is 43.1 Å². The Morgan fingerprint density at radius 2 is 1.49 bits per heavy atom. The van der Waals surface area contributed by atoms with Crippen molar-refractivity contribution in [3.63, 3.8) is 0 Å². The summed E-state index contributed by atoms with van der Waals surface area (Å²) >= 11 is 11.9. The van der Waals surface area contributed by atoms with Crippen LogP contribution < -0.4 is 24.8 Å². The molecule has 0 aliphatic carbocycles. The summed E-state index contributed by atoms with van der Waals surface area (Å²) in [4.78, 5) is 51.0. The van der Waals surface area contributed by atoms with Crippen molar-refractivity contribution in [2.75, 3.05) is 27.4 Å². The van der Waals surface area contributed by atoms with Crippen LogP contribution in [0.5, 0.6) is 17.2 Å². The second-order valence-corrected chi connectivity index (χ2v) is 11.0. The maximum absolute atomic E-state index is 14.7. The Bertz CT molecular complexity index is 1370. The number of hydrogen-bond donors (Lipinski definition) is 2. The molecule has 2 aromatic carbocycles. The Hall–Kier alpha value is -3.65. The van der Waals surface area contributed by atoms with Crippen molar-refractivity contribution >= 4 is 46.6 Å². The third-order valence-electron chi connectivity index (χ3n) is 6.42. The minimum absolute atomic E-state index is 0.141.